The van der Waals surface area contributed by atoms with Crippen LogP contribution in [0.25, 0.3) is 11.1 Å². The van der Waals surface area contributed by atoms with Crippen molar-refractivity contribution >= 4 is 29.9 Å². The van der Waals surface area contributed by atoms with Crippen LogP contribution in [0.2, 0.25) is 0 Å². The number of nitrogens with one attached hydrogen (secondary N) is 1. The monoisotopic (exact) mass is 515 g/mol. The van der Waals surface area contributed by atoms with Crippen LogP contribution in [0.4, 0.5) is 0 Å². The van der Waals surface area contributed by atoms with Crippen LogP contribution in [-0.4, -0.2) is 25.7 Å². The number of guanidine groups is 1. The highest BCUT2D eigenvalue weighted by Gasteiger charge is 2.21. The molecule has 1 heterocycles. The summed E-state index contributed by atoms with van der Waals surface area (Å²) in [7, 11) is 0. The number of fused-ring (bicyclic) bond motifs is 1. The van der Waals surface area contributed by atoms with E-state index < -0.39 is 0 Å². The number of hydrogen-bond donors (Lipinski definition) is 2. The van der Waals surface area contributed by atoms with E-state index in [2.05, 4.69) is 34.6 Å². The SMILES string of the molecule is I.NC(=NCCOc1ccccc1-c1ccccc1)NC1CCOc2ccccc21. The van der Waals surface area contributed by atoms with Gasteiger partial charge in [-0.05, 0) is 17.7 Å². The summed E-state index contributed by atoms with van der Waals surface area (Å²) in [6.45, 7) is 1.60. The fourth-order valence-electron chi connectivity index (χ4n) is 3.49. The average Bonchev–Trinajstić information content (AvgIpc) is 2.78. The minimum atomic E-state index is 0. The van der Waals surface area contributed by atoms with E-state index in [4.69, 9.17) is 15.2 Å². The first-order chi connectivity index (χ1) is 14.3. The van der Waals surface area contributed by atoms with Gasteiger partial charge in [-0.3, -0.25) is 0 Å². The Morgan fingerprint density at radius 1 is 1.00 bits per heavy atom. The average molecular weight is 515 g/mol. The van der Waals surface area contributed by atoms with Crippen molar-refractivity contribution in [1.82, 2.24) is 5.32 Å². The molecule has 1 aliphatic rings. The van der Waals surface area contributed by atoms with Crippen molar-refractivity contribution in [3.05, 3.63) is 84.4 Å². The second-order valence-corrected chi connectivity index (χ2v) is 6.85. The van der Waals surface area contributed by atoms with Crippen LogP contribution in [0, 0.1) is 0 Å². The predicted molar refractivity (Wildman–Crippen MR) is 132 cm³/mol. The Bertz CT molecular complexity index is 979. The van der Waals surface area contributed by atoms with Crippen LogP contribution in [0.3, 0.4) is 0 Å². The van der Waals surface area contributed by atoms with Crippen molar-refractivity contribution in [3.8, 4) is 22.6 Å². The van der Waals surface area contributed by atoms with E-state index >= 15 is 0 Å². The van der Waals surface area contributed by atoms with Gasteiger partial charge in [-0.1, -0.05) is 66.7 Å². The van der Waals surface area contributed by atoms with Crippen molar-refractivity contribution in [1.29, 1.82) is 0 Å². The summed E-state index contributed by atoms with van der Waals surface area (Å²) >= 11 is 0. The molecule has 156 valence electrons. The lowest BCUT2D eigenvalue weighted by Crippen LogP contribution is -2.37. The molecule has 3 N–H and O–H groups in total. The fourth-order valence-corrected chi connectivity index (χ4v) is 3.49. The Kier molecular flexibility index (Phi) is 7.96. The molecule has 0 amide bonds. The first-order valence-electron chi connectivity index (χ1n) is 9.87. The van der Waals surface area contributed by atoms with Gasteiger partial charge >= 0.3 is 0 Å². The third-order valence-electron chi connectivity index (χ3n) is 4.88. The van der Waals surface area contributed by atoms with Gasteiger partial charge in [-0.15, -0.1) is 24.0 Å². The third-order valence-corrected chi connectivity index (χ3v) is 4.88. The van der Waals surface area contributed by atoms with Gasteiger partial charge in [0.25, 0.3) is 0 Å². The Morgan fingerprint density at radius 2 is 1.73 bits per heavy atom. The lowest BCUT2D eigenvalue weighted by Gasteiger charge is -2.26. The summed E-state index contributed by atoms with van der Waals surface area (Å²) in [5.41, 5.74) is 9.42. The van der Waals surface area contributed by atoms with Crippen LogP contribution in [-0.2, 0) is 0 Å². The Hall–Kier alpha value is -2.74. The molecule has 0 aliphatic carbocycles. The second-order valence-electron chi connectivity index (χ2n) is 6.85. The molecule has 5 nitrogen and oxygen atoms in total. The molecule has 1 unspecified atom stereocenters. The lowest BCUT2D eigenvalue weighted by atomic mass is 10.0. The number of nitrogens with two attached hydrogens (primary N) is 1. The molecule has 4 rings (SSSR count). The van der Waals surface area contributed by atoms with Crippen LogP contribution in [0.1, 0.15) is 18.0 Å². The topological polar surface area (TPSA) is 68.9 Å². The minimum absolute atomic E-state index is 0. The molecular weight excluding hydrogens is 489 g/mol. The van der Waals surface area contributed by atoms with E-state index in [-0.39, 0.29) is 30.0 Å². The van der Waals surface area contributed by atoms with E-state index in [0.717, 1.165) is 34.6 Å². The van der Waals surface area contributed by atoms with Gasteiger partial charge in [-0.25, -0.2) is 4.99 Å². The summed E-state index contributed by atoms with van der Waals surface area (Å²) in [6, 6.07) is 26.4. The minimum Gasteiger partial charge on any atom is -0.493 e. The number of rotatable bonds is 6. The van der Waals surface area contributed by atoms with Crippen molar-refractivity contribution in [2.75, 3.05) is 19.8 Å². The van der Waals surface area contributed by atoms with Crippen molar-refractivity contribution < 1.29 is 9.47 Å². The zero-order valence-corrected chi connectivity index (χ0v) is 19.0. The van der Waals surface area contributed by atoms with Crippen LogP contribution < -0.4 is 20.5 Å². The lowest BCUT2D eigenvalue weighted by molar-refractivity contribution is 0.262. The van der Waals surface area contributed by atoms with Crippen molar-refractivity contribution in [2.45, 2.75) is 12.5 Å². The Balaban J connectivity index is 0.00000256. The number of ether oxygens (including phenoxy) is 2. The molecule has 0 saturated heterocycles. The van der Waals surface area contributed by atoms with Gasteiger partial charge in [0.2, 0.25) is 0 Å². The third kappa shape index (κ3) is 5.44. The molecule has 0 spiro atoms. The number of para-hydroxylation sites is 2. The summed E-state index contributed by atoms with van der Waals surface area (Å²) < 4.78 is 11.7. The number of halogens is 1. The zero-order chi connectivity index (χ0) is 19.9. The maximum Gasteiger partial charge on any atom is 0.189 e. The van der Waals surface area contributed by atoms with Gasteiger partial charge in [0.05, 0.1) is 19.2 Å². The standard InChI is InChI=1S/C24H25N3O2.HI/c25-24(27-21-14-16-28-23-13-7-5-11-20(21)23)26-15-17-29-22-12-6-4-10-19(22)18-8-2-1-3-9-18;/h1-13,21H,14-17H2,(H3,25,26,27);1H. The summed E-state index contributed by atoms with van der Waals surface area (Å²) in [5.74, 6) is 2.18. The van der Waals surface area contributed by atoms with Crippen molar-refractivity contribution in [2.24, 2.45) is 10.7 Å². The van der Waals surface area contributed by atoms with Gasteiger partial charge in [0.15, 0.2) is 5.96 Å². The highest BCUT2D eigenvalue weighted by Crippen LogP contribution is 2.31. The second kappa shape index (κ2) is 10.9. The zero-order valence-electron chi connectivity index (χ0n) is 16.7. The predicted octanol–water partition coefficient (Wildman–Crippen LogP) is 4.78. The van der Waals surface area contributed by atoms with E-state index in [1.165, 1.54) is 0 Å². The number of benzene rings is 3. The first kappa shape index (κ1) is 22.0. The maximum atomic E-state index is 6.10. The normalized spacial score (nSPS) is 15.3. The molecule has 30 heavy (non-hydrogen) atoms. The fraction of sp³-hybridized carbons (Fsp3) is 0.208. The van der Waals surface area contributed by atoms with Gasteiger partial charge < -0.3 is 20.5 Å². The molecule has 3 aromatic rings. The van der Waals surface area contributed by atoms with Gasteiger partial charge in [-0.2, -0.15) is 0 Å². The molecule has 6 heteroatoms. The number of nitrogens with zero attached hydrogens (tertiary/aromatic N) is 1. The van der Waals surface area contributed by atoms with Crippen LogP contribution >= 0.6 is 24.0 Å². The quantitative estimate of drug-likeness (QED) is 0.215. The molecule has 0 bridgehead atoms. The molecule has 3 aromatic carbocycles. The Labute approximate surface area is 194 Å². The van der Waals surface area contributed by atoms with E-state index in [1.807, 2.05) is 54.6 Å². The van der Waals surface area contributed by atoms with Gasteiger partial charge in [0, 0.05) is 17.5 Å². The molecule has 1 atom stereocenters. The Morgan fingerprint density at radius 3 is 2.60 bits per heavy atom. The molecule has 0 saturated carbocycles. The highest BCUT2D eigenvalue weighted by molar-refractivity contribution is 14.0. The summed E-state index contributed by atoms with van der Waals surface area (Å²) in [6.07, 6.45) is 0.855. The van der Waals surface area contributed by atoms with E-state index in [1.54, 1.807) is 0 Å². The summed E-state index contributed by atoms with van der Waals surface area (Å²) in [4.78, 5) is 4.43. The van der Waals surface area contributed by atoms with E-state index in [0.29, 0.717) is 25.7 Å². The molecular formula is C24H26IN3O2. The van der Waals surface area contributed by atoms with E-state index in [9.17, 15) is 0 Å². The van der Waals surface area contributed by atoms with Gasteiger partial charge in [0.1, 0.15) is 18.1 Å². The molecule has 0 aromatic heterocycles. The first-order valence-corrected chi connectivity index (χ1v) is 9.87. The van der Waals surface area contributed by atoms with Crippen molar-refractivity contribution in [3.63, 3.8) is 0 Å². The smallest absolute Gasteiger partial charge is 0.189 e. The maximum absolute atomic E-state index is 6.10. The largest absolute Gasteiger partial charge is 0.493 e. The molecule has 0 radical (unpaired) electrons. The van der Waals surface area contributed by atoms with Crippen LogP contribution in [0.5, 0.6) is 11.5 Å². The highest BCUT2D eigenvalue weighted by atomic mass is 127. The number of hydrogen-bond acceptors (Lipinski definition) is 3. The molecule has 0 fully saturated rings. The van der Waals surface area contributed by atoms with Crippen LogP contribution in [0.15, 0.2) is 83.9 Å². The number of aliphatic imine (C=N–C) groups is 1. The summed E-state index contributed by atoms with van der Waals surface area (Å²) in [5, 5.41) is 3.30. The molecule has 1 aliphatic heterocycles.